The van der Waals surface area contributed by atoms with Gasteiger partial charge in [-0.1, -0.05) is 30.3 Å². The van der Waals surface area contributed by atoms with E-state index in [9.17, 15) is 9.59 Å². The van der Waals surface area contributed by atoms with E-state index in [0.717, 1.165) is 5.56 Å². The van der Waals surface area contributed by atoms with Gasteiger partial charge in [-0.2, -0.15) is 0 Å². The monoisotopic (exact) mass is 333 g/mol. The summed E-state index contributed by atoms with van der Waals surface area (Å²) in [5, 5.41) is 5.87. The molecule has 1 heterocycles. The zero-order chi connectivity index (χ0) is 17.6. The molecule has 1 unspecified atom stereocenters. The molecule has 2 rings (SSSR count). The lowest BCUT2D eigenvalue weighted by molar-refractivity contribution is -0.132. The van der Waals surface area contributed by atoms with Crippen molar-refractivity contribution in [3.8, 4) is 0 Å². The average Bonchev–Trinajstić information content (AvgIpc) is 2.51. The molecule has 1 saturated heterocycles. The molecule has 1 aliphatic heterocycles. The lowest BCUT2D eigenvalue weighted by Gasteiger charge is -2.32. The van der Waals surface area contributed by atoms with Gasteiger partial charge in [0.05, 0.1) is 18.8 Å². The normalized spacial score (nSPS) is 18.4. The number of likely N-dealkylation sites (tertiary alicyclic amines) is 1. The first-order valence-electron chi connectivity index (χ1n) is 8.30. The summed E-state index contributed by atoms with van der Waals surface area (Å²) in [6, 6.07) is 9.70. The predicted molar refractivity (Wildman–Crippen MR) is 92.5 cm³/mol. The van der Waals surface area contributed by atoms with Crippen LogP contribution in [0.4, 0.5) is 4.79 Å². The molecule has 0 aliphatic carbocycles. The quantitative estimate of drug-likeness (QED) is 0.835. The lowest BCUT2D eigenvalue weighted by atomic mass is 10.1. The molecular formula is C18H27N3O3. The fraction of sp³-hybridized carbons (Fsp3) is 0.556. The molecule has 1 aromatic carbocycles. The molecule has 1 atom stereocenters. The van der Waals surface area contributed by atoms with Gasteiger partial charge in [0.25, 0.3) is 0 Å². The van der Waals surface area contributed by atoms with Gasteiger partial charge in [0.1, 0.15) is 0 Å². The number of carbonyl (C=O) groups is 2. The van der Waals surface area contributed by atoms with Crippen molar-refractivity contribution in [3.05, 3.63) is 35.9 Å². The van der Waals surface area contributed by atoms with E-state index in [1.807, 2.05) is 44.2 Å². The second-order valence-electron chi connectivity index (χ2n) is 6.97. The van der Waals surface area contributed by atoms with Crippen LogP contribution in [0.3, 0.4) is 0 Å². The summed E-state index contributed by atoms with van der Waals surface area (Å²) in [6.07, 6.45) is 1.16. The molecule has 1 aromatic rings. The number of piperidine rings is 1. The molecule has 24 heavy (non-hydrogen) atoms. The van der Waals surface area contributed by atoms with Gasteiger partial charge in [0.15, 0.2) is 0 Å². The Morgan fingerprint density at radius 3 is 2.71 bits per heavy atom. The summed E-state index contributed by atoms with van der Waals surface area (Å²) in [5.74, 6) is 0.128. The Labute approximate surface area is 143 Å². The van der Waals surface area contributed by atoms with Crippen LogP contribution < -0.4 is 10.6 Å². The highest BCUT2D eigenvalue weighted by Gasteiger charge is 2.26. The molecule has 2 N–H and O–H groups in total. The standard InChI is InChI=1S/C18H27N3O3/c1-18(2,13-24-12-14-7-5-4-6-8-14)20-17(23)19-15-9-10-16(22)21(3)11-15/h4-8,15H,9-13H2,1-3H3,(H2,19,20,23). The SMILES string of the molecule is CN1CC(NC(=O)NC(C)(C)COCc2ccccc2)CCC1=O. The Morgan fingerprint density at radius 1 is 1.33 bits per heavy atom. The number of amides is 3. The number of hydrogen-bond donors (Lipinski definition) is 2. The summed E-state index contributed by atoms with van der Waals surface area (Å²) in [6.45, 7) is 5.33. The van der Waals surface area contributed by atoms with E-state index in [1.165, 1.54) is 0 Å². The zero-order valence-electron chi connectivity index (χ0n) is 14.7. The molecule has 6 nitrogen and oxygen atoms in total. The Bertz CT molecular complexity index is 560. The van der Waals surface area contributed by atoms with Gasteiger partial charge in [0, 0.05) is 26.1 Å². The van der Waals surface area contributed by atoms with E-state index in [1.54, 1.807) is 11.9 Å². The molecule has 0 radical (unpaired) electrons. The van der Waals surface area contributed by atoms with Crippen LogP contribution in [0.15, 0.2) is 30.3 Å². The second-order valence-corrected chi connectivity index (χ2v) is 6.97. The van der Waals surface area contributed by atoms with Gasteiger partial charge < -0.3 is 20.3 Å². The van der Waals surface area contributed by atoms with E-state index < -0.39 is 5.54 Å². The third kappa shape index (κ3) is 5.85. The van der Waals surface area contributed by atoms with Crippen molar-refractivity contribution in [1.82, 2.24) is 15.5 Å². The number of ether oxygens (including phenoxy) is 1. The Kier molecular flexibility index (Phi) is 6.20. The highest BCUT2D eigenvalue weighted by molar-refractivity contribution is 5.78. The first kappa shape index (κ1) is 18.3. The molecule has 132 valence electrons. The molecule has 0 bridgehead atoms. The number of carbonyl (C=O) groups excluding carboxylic acids is 2. The number of urea groups is 1. The first-order valence-corrected chi connectivity index (χ1v) is 8.30. The van der Waals surface area contributed by atoms with Crippen molar-refractivity contribution in [2.24, 2.45) is 0 Å². The van der Waals surface area contributed by atoms with E-state index in [-0.39, 0.29) is 18.0 Å². The average molecular weight is 333 g/mol. The molecular weight excluding hydrogens is 306 g/mol. The van der Waals surface area contributed by atoms with Crippen LogP contribution in [-0.4, -0.2) is 48.6 Å². The summed E-state index contributed by atoms with van der Waals surface area (Å²) >= 11 is 0. The fourth-order valence-electron chi connectivity index (χ4n) is 2.69. The third-order valence-corrected chi connectivity index (χ3v) is 3.99. The minimum Gasteiger partial charge on any atom is -0.374 e. The maximum absolute atomic E-state index is 12.2. The van der Waals surface area contributed by atoms with E-state index >= 15 is 0 Å². The van der Waals surface area contributed by atoms with Crippen LogP contribution in [0.25, 0.3) is 0 Å². The van der Waals surface area contributed by atoms with Gasteiger partial charge in [-0.25, -0.2) is 4.79 Å². The molecule has 0 saturated carbocycles. The van der Waals surface area contributed by atoms with Gasteiger partial charge >= 0.3 is 6.03 Å². The molecule has 1 aliphatic rings. The maximum atomic E-state index is 12.2. The number of benzene rings is 1. The highest BCUT2D eigenvalue weighted by atomic mass is 16.5. The number of nitrogens with zero attached hydrogens (tertiary/aromatic N) is 1. The van der Waals surface area contributed by atoms with Crippen molar-refractivity contribution in [1.29, 1.82) is 0 Å². The fourth-order valence-corrected chi connectivity index (χ4v) is 2.69. The van der Waals surface area contributed by atoms with Crippen LogP contribution in [0, 0.1) is 0 Å². The van der Waals surface area contributed by atoms with Gasteiger partial charge in [0.2, 0.25) is 5.91 Å². The minimum absolute atomic E-state index is 0.00580. The third-order valence-electron chi connectivity index (χ3n) is 3.99. The number of hydrogen-bond acceptors (Lipinski definition) is 3. The van der Waals surface area contributed by atoms with E-state index in [2.05, 4.69) is 10.6 Å². The van der Waals surface area contributed by atoms with Gasteiger partial charge in [-0.3, -0.25) is 4.79 Å². The van der Waals surface area contributed by atoms with E-state index in [4.69, 9.17) is 4.74 Å². The van der Waals surface area contributed by atoms with Crippen molar-refractivity contribution < 1.29 is 14.3 Å². The lowest BCUT2D eigenvalue weighted by Crippen LogP contribution is -2.56. The minimum atomic E-state index is -0.477. The van der Waals surface area contributed by atoms with Crippen LogP contribution >= 0.6 is 0 Å². The van der Waals surface area contributed by atoms with Crippen LogP contribution in [0.1, 0.15) is 32.3 Å². The topological polar surface area (TPSA) is 70.7 Å². The summed E-state index contributed by atoms with van der Waals surface area (Å²) < 4.78 is 5.71. The molecule has 1 fully saturated rings. The summed E-state index contributed by atoms with van der Waals surface area (Å²) in [4.78, 5) is 25.3. The van der Waals surface area contributed by atoms with Crippen molar-refractivity contribution >= 4 is 11.9 Å². The Balaban J connectivity index is 1.72. The Hall–Kier alpha value is -2.08. The zero-order valence-corrected chi connectivity index (χ0v) is 14.7. The molecule has 3 amide bonds. The van der Waals surface area contributed by atoms with E-state index in [0.29, 0.717) is 32.6 Å². The summed E-state index contributed by atoms with van der Waals surface area (Å²) in [7, 11) is 1.76. The molecule has 0 aromatic heterocycles. The van der Waals surface area contributed by atoms with Gasteiger partial charge in [-0.15, -0.1) is 0 Å². The van der Waals surface area contributed by atoms with Crippen molar-refractivity contribution in [2.45, 2.75) is 44.9 Å². The van der Waals surface area contributed by atoms with Crippen LogP contribution in [0.5, 0.6) is 0 Å². The van der Waals surface area contributed by atoms with Crippen molar-refractivity contribution in [2.75, 3.05) is 20.2 Å². The molecule has 6 heteroatoms. The number of likely N-dealkylation sites (N-methyl/N-ethyl adjacent to an activating group) is 1. The largest absolute Gasteiger partial charge is 0.374 e. The number of nitrogens with one attached hydrogen (secondary N) is 2. The summed E-state index contributed by atoms with van der Waals surface area (Å²) in [5.41, 5.74) is 0.627. The molecule has 0 spiro atoms. The van der Waals surface area contributed by atoms with Crippen LogP contribution in [-0.2, 0) is 16.1 Å². The predicted octanol–water partition coefficient (Wildman–Crippen LogP) is 1.90. The number of rotatable bonds is 6. The second kappa shape index (κ2) is 8.15. The smallest absolute Gasteiger partial charge is 0.315 e. The van der Waals surface area contributed by atoms with Crippen molar-refractivity contribution in [3.63, 3.8) is 0 Å². The Morgan fingerprint density at radius 2 is 2.04 bits per heavy atom. The van der Waals surface area contributed by atoms with Crippen LogP contribution in [0.2, 0.25) is 0 Å². The first-order chi connectivity index (χ1) is 11.4. The maximum Gasteiger partial charge on any atom is 0.315 e. The highest BCUT2D eigenvalue weighted by Crippen LogP contribution is 2.10. The van der Waals surface area contributed by atoms with Gasteiger partial charge in [-0.05, 0) is 25.8 Å².